The third-order valence-electron chi connectivity index (χ3n) is 5.11. The van der Waals surface area contributed by atoms with Crippen molar-refractivity contribution in [2.45, 2.75) is 64.1 Å². The fourth-order valence-electron chi connectivity index (χ4n) is 2.18. The first-order chi connectivity index (χ1) is 12.6. The molecule has 0 saturated carbocycles. The first kappa shape index (κ1) is 23.9. The highest BCUT2D eigenvalue weighted by Gasteiger charge is 2.38. The topological polar surface area (TPSA) is 68.2 Å². The Hall–Kier alpha value is -1.18. The molecule has 2 atom stereocenters. The highest BCUT2D eigenvalue weighted by molar-refractivity contribution is 6.74. The second kappa shape index (κ2) is 11.0. The summed E-state index contributed by atoms with van der Waals surface area (Å²) in [7, 11) is -0.304. The molecule has 1 aromatic carbocycles. The lowest BCUT2D eigenvalue weighted by atomic mass is 10.1. The van der Waals surface area contributed by atoms with Crippen LogP contribution in [0.1, 0.15) is 32.8 Å². The van der Waals surface area contributed by atoms with Crippen molar-refractivity contribution in [3.05, 3.63) is 42.0 Å². The maximum absolute atomic E-state index is 10.7. The Kier molecular flexibility index (Phi) is 9.70. The summed E-state index contributed by atoms with van der Waals surface area (Å²) < 4.78 is 17.3. The molecule has 1 aromatic rings. The van der Waals surface area contributed by atoms with E-state index in [0.717, 1.165) is 11.3 Å². The molecule has 27 heavy (non-hydrogen) atoms. The molecule has 0 aliphatic rings. The van der Waals surface area contributed by atoms with Crippen LogP contribution in [-0.2, 0) is 15.8 Å². The van der Waals surface area contributed by atoms with Crippen LogP contribution in [0.3, 0.4) is 0 Å². The Balaban J connectivity index is 2.69. The van der Waals surface area contributed by atoms with Crippen molar-refractivity contribution in [2.24, 2.45) is 0 Å². The Bertz CT molecular complexity index is 563. The van der Waals surface area contributed by atoms with Gasteiger partial charge in [-0.05, 0) is 42.2 Å². The Labute approximate surface area is 165 Å². The lowest BCUT2D eigenvalue weighted by molar-refractivity contribution is -0.0608. The number of aliphatic hydroxyl groups excluding tert-OH is 2. The predicted octanol–water partition coefficient (Wildman–Crippen LogP) is 3.90. The maximum atomic E-state index is 10.7. The minimum atomic E-state index is -1.94. The van der Waals surface area contributed by atoms with Gasteiger partial charge in [0, 0.05) is 0 Å². The van der Waals surface area contributed by atoms with Crippen molar-refractivity contribution >= 4 is 8.32 Å². The van der Waals surface area contributed by atoms with Crippen LogP contribution in [0.4, 0.5) is 0 Å². The zero-order valence-corrected chi connectivity index (χ0v) is 18.6. The van der Waals surface area contributed by atoms with Crippen molar-refractivity contribution < 1.29 is 24.1 Å². The SMILES string of the molecule is COc1ccc(CO[C@@H](C/C=C/CO)[C@@H](O)CO[Si](C)(C)C(C)(C)C)cc1. The van der Waals surface area contributed by atoms with Gasteiger partial charge in [0.2, 0.25) is 0 Å². The molecule has 0 aliphatic carbocycles. The molecule has 0 amide bonds. The van der Waals surface area contributed by atoms with E-state index in [4.69, 9.17) is 19.0 Å². The molecule has 0 radical (unpaired) electrons. The molecule has 0 unspecified atom stereocenters. The summed E-state index contributed by atoms with van der Waals surface area (Å²) >= 11 is 0. The van der Waals surface area contributed by atoms with Crippen molar-refractivity contribution in [2.75, 3.05) is 20.3 Å². The summed E-state index contributed by atoms with van der Waals surface area (Å²) in [6.07, 6.45) is 2.86. The number of hydrogen-bond donors (Lipinski definition) is 2. The Morgan fingerprint density at radius 3 is 2.26 bits per heavy atom. The summed E-state index contributed by atoms with van der Waals surface area (Å²) in [5.74, 6) is 0.795. The Morgan fingerprint density at radius 1 is 1.11 bits per heavy atom. The van der Waals surface area contributed by atoms with E-state index in [0.29, 0.717) is 13.0 Å². The maximum Gasteiger partial charge on any atom is 0.192 e. The number of rotatable bonds is 11. The van der Waals surface area contributed by atoms with Gasteiger partial charge in [0.25, 0.3) is 0 Å². The van der Waals surface area contributed by atoms with Crippen molar-refractivity contribution in [1.82, 2.24) is 0 Å². The molecule has 0 bridgehead atoms. The number of aliphatic hydroxyl groups is 2. The van der Waals surface area contributed by atoms with Crippen LogP contribution in [0.25, 0.3) is 0 Å². The quantitative estimate of drug-likeness (QED) is 0.438. The lowest BCUT2D eigenvalue weighted by Gasteiger charge is -2.37. The van der Waals surface area contributed by atoms with Crippen molar-refractivity contribution in [3.63, 3.8) is 0 Å². The molecule has 5 nitrogen and oxygen atoms in total. The normalized spacial score (nSPS) is 15.1. The third kappa shape index (κ3) is 8.15. The fourth-order valence-corrected chi connectivity index (χ4v) is 3.20. The van der Waals surface area contributed by atoms with Crippen LogP contribution in [0, 0.1) is 0 Å². The second-order valence-electron chi connectivity index (χ2n) is 8.23. The number of hydrogen-bond acceptors (Lipinski definition) is 5. The Morgan fingerprint density at radius 2 is 1.74 bits per heavy atom. The average molecular weight is 397 g/mol. The van der Waals surface area contributed by atoms with Gasteiger partial charge < -0.3 is 24.1 Å². The van der Waals surface area contributed by atoms with E-state index in [1.807, 2.05) is 30.3 Å². The van der Waals surface area contributed by atoms with E-state index < -0.39 is 20.5 Å². The van der Waals surface area contributed by atoms with Gasteiger partial charge in [-0.3, -0.25) is 0 Å². The molecule has 0 heterocycles. The minimum absolute atomic E-state index is 0.0260. The molecule has 0 aliphatic heterocycles. The molecule has 0 fully saturated rings. The van der Waals surface area contributed by atoms with Crippen LogP contribution >= 0.6 is 0 Å². The van der Waals surface area contributed by atoms with Crippen LogP contribution in [-0.4, -0.2) is 51.1 Å². The third-order valence-corrected chi connectivity index (χ3v) is 9.61. The van der Waals surface area contributed by atoms with Crippen LogP contribution in [0.5, 0.6) is 5.75 Å². The standard InChI is InChI=1S/C21H36O5Si/c1-21(2,3)27(5,6)26-16-19(23)20(9-7-8-14-22)25-15-17-10-12-18(24-4)13-11-17/h7-8,10-13,19-20,22-23H,9,14-16H2,1-6H3/b8-7+/t19-,20-/m0/s1. The van der Waals surface area contributed by atoms with Crippen LogP contribution in [0.2, 0.25) is 18.1 Å². The van der Waals surface area contributed by atoms with Crippen LogP contribution < -0.4 is 4.74 Å². The molecule has 1 rings (SSSR count). The number of ether oxygens (including phenoxy) is 2. The molecular weight excluding hydrogens is 360 g/mol. The zero-order valence-electron chi connectivity index (χ0n) is 17.6. The average Bonchev–Trinajstić information content (AvgIpc) is 2.62. The molecular formula is C21H36O5Si. The second-order valence-corrected chi connectivity index (χ2v) is 13.0. The first-order valence-electron chi connectivity index (χ1n) is 9.43. The lowest BCUT2D eigenvalue weighted by Crippen LogP contribution is -2.44. The summed E-state index contributed by atoms with van der Waals surface area (Å²) in [6.45, 7) is 11.5. The van der Waals surface area contributed by atoms with E-state index in [1.165, 1.54) is 0 Å². The predicted molar refractivity (Wildman–Crippen MR) is 112 cm³/mol. The molecule has 6 heteroatoms. The highest BCUT2D eigenvalue weighted by Crippen LogP contribution is 2.36. The molecule has 0 saturated heterocycles. The fraction of sp³-hybridized carbons (Fsp3) is 0.619. The minimum Gasteiger partial charge on any atom is -0.497 e. The van der Waals surface area contributed by atoms with E-state index >= 15 is 0 Å². The van der Waals surface area contributed by atoms with Gasteiger partial charge in [0.15, 0.2) is 8.32 Å². The van der Waals surface area contributed by atoms with Gasteiger partial charge in [0.1, 0.15) is 11.9 Å². The van der Waals surface area contributed by atoms with Gasteiger partial charge in [-0.1, -0.05) is 45.1 Å². The van der Waals surface area contributed by atoms with Gasteiger partial charge in [-0.15, -0.1) is 0 Å². The summed E-state index contributed by atoms with van der Waals surface area (Å²) in [5.41, 5.74) is 1.00. The van der Waals surface area contributed by atoms with Crippen molar-refractivity contribution in [3.8, 4) is 5.75 Å². The van der Waals surface area contributed by atoms with E-state index in [-0.39, 0.29) is 18.3 Å². The van der Waals surface area contributed by atoms with Crippen molar-refractivity contribution in [1.29, 1.82) is 0 Å². The summed E-state index contributed by atoms with van der Waals surface area (Å²) in [6, 6.07) is 7.66. The molecule has 154 valence electrons. The molecule has 0 aromatic heterocycles. The number of methoxy groups -OCH3 is 1. The van der Waals surface area contributed by atoms with Gasteiger partial charge in [0.05, 0.1) is 33.0 Å². The molecule has 0 spiro atoms. The van der Waals surface area contributed by atoms with Gasteiger partial charge in [-0.25, -0.2) is 0 Å². The summed E-state index contributed by atoms with van der Waals surface area (Å²) in [5, 5.41) is 19.7. The smallest absolute Gasteiger partial charge is 0.192 e. The number of benzene rings is 1. The zero-order chi connectivity index (χ0) is 20.5. The first-order valence-corrected chi connectivity index (χ1v) is 12.3. The van der Waals surface area contributed by atoms with E-state index in [2.05, 4.69) is 33.9 Å². The van der Waals surface area contributed by atoms with Gasteiger partial charge in [-0.2, -0.15) is 0 Å². The summed E-state index contributed by atoms with van der Waals surface area (Å²) in [4.78, 5) is 0. The van der Waals surface area contributed by atoms with E-state index in [1.54, 1.807) is 13.2 Å². The van der Waals surface area contributed by atoms with E-state index in [9.17, 15) is 5.11 Å². The largest absolute Gasteiger partial charge is 0.497 e. The monoisotopic (exact) mass is 396 g/mol. The van der Waals surface area contributed by atoms with Gasteiger partial charge >= 0.3 is 0 Å². The van der Waals surface area contributed by atoms with Crippen LogP contribution in [0.15, 0.2) is 36.4 Å². The highest BCUT2D eigenvalue weighted by atomic mass is 28.4. The molecule has 2 N–H and O–H groups in total.